The minimum atomic E-state index is 0.248. The number of allylic oxidation sites excluding steroid dienone is 5. The van der Waals surface area contributed by atoms with Crippen LogP contribution in [0.25, 0.3) is 5.70 Å². The van der Waals surface area contributed by atoms with Gasteiger partial charge in [-0.05, 0) is 19.1 Å². The summed E-state index contributed by atoms with van der Waals surface area (Å²) >= 11 is 0. The van der Waals surface area contributed by atoms with Crippen LogP contribution in [0.2, 0.25) is 0 Å². The Labute approximate surface area is 102 Å². The van der Waals surface area contributed by atoms with Crippen LogP contribution < -0.4 is 0 Å². The van der Waals surface area contributed by atoms with Crippen molar-refractivity contribution >= 4 is 5.70 Å². The molecule has 0 fully saturated rings. The van der Waals surface area contributed by atoms with Gasteiger partial charge in [0, 0.05) is 19.4 Å². The Hall–Kier alpha value is -2.03. The maximum Gasteiger partial charge on any atom is 0.135 e. The van der Waals surface area contributed by atoms with Gasteiger partial charge in [0.2, 0.25) is 0 Å². The number of hydrogen-bond acceptors (Lipinski definition) is 2. The molecule has 3 nitrogen and oxygen atoms in total. The van der Waals surface area contributed by atoms with Crippen LogP contribution in [0.15, 0.2) is 55.6 Å². The summed E-state index contributed by atoms with van der Waals surface area (Å²) < 4.78 is 2.10. The zero-order valence-electron chi connectivity index (χ0n) is 10.3. The summed E-state index contributed by atoms with van der Waals surface area (Å²) in [6.07, 6.45) is 11.4. The lowest BCUT2D eigenvalue weighted by Crippen LogP contribution is -2.31. The maximum absolute atomic E-state index is 4.41. The van der Waals surface area contributed by atoms with Crippen molar-refractivity contribution < 1.29 is 0 Å². The van der Waals surface area contributed by atoms with Crippen molar-refractivity contribution in [1.29, 1.82) is 0 Å². The van der Waals surface area contributed by atoms with Gasteiger partial charge in [-0.3, -0.25) is 4.57 Å². The number of hydrogen-bond donors (Lipinski definition) is 0. The summed E-state index contributed by atoms with van der Waals surface area (Å²) in [5.41, 5.74) is 2.20. The second kappa shape index (κ2) is 4.45. The topological polar surface area (TPSA) is 21.1 Å². The molecule has 3 heteroatoms. The van der Waals surface area contributed by atoms with E-state index in [1.807, 2.05) is 24.5 Å². The first kappa shape index (κ1) is 11.5. The van der Waals surface area contributed by atoms with Crippen molar-refractivity contribution in [3.63, 3.8) is 0 Å². The third-order valence-corrected chi connectivity index (χ3v) is 3.08. The van der Waals surface area contributed by atoms with Crippen LogP contribution >= 0.6 is 0 Å². The van der Waals surface area contributed by atoms with E-state index in [1.165, 1.54) is 0 Å². The fraction of sp³-hybridized carbons (Fsp3) is 0.214. The molecule has 2 heterocycles. The molecule has 0 bridgehead atoms. The molecule has 88 valence electrons. The molecule has 0 spiro atoms. The largest absolute Gasteiger partial charge is 0.363 e. The van der Waals surface area contributed by atoms with Gasteiger partial charge in [-0.25, -0.2) is 4.98 Å². The maximum atomic E-state index is 4.41. The Morgan fingerprint density at radius 3 is 2.53 bits per heavy atom. The van der Waals surface area contributed by atoms with Crippen molar-refractivity contribution in [2.45, 2.75) is 13.0 Å². The smallest absolute Gasteiger partial charge is 0.135 e. The third kappa shape index (κ3) is 1.73. The lowest BCUT2D eigenvalue weighted by atomic mass is 10.1. The molecule has 0 amide bonds. The van der Waals surface area contributed by atoms with Crippen LogP contribution in [0.3, 0.4) is 0 Å². The first-order valence-corrected chi connectivity index (χ1v) is 5.63. The van der Waals surface area contributed by atoms with Crippen LogP contribution in [0.5, 0.6) is 0 Å². The zero-order chi connectivity index (χ0) is 12.4. The average Bonchev–Trinajstić information content (AvgIpc) is 2.79. The normalized spacial score (nSPS) is 23.9. The second-order valence-corrected chi connectivity index (χ2v) is 4.02. The van der Waals surface area contributed by atoms with Gasteiger partial charge in [0.15, 0.2) is 0 Å². The number of rotatable bonds is 2. The highest BCUT2D eigenvalue weighted by atomic mass is 15.3. The monoisotopic (exact) mass is 227 g/mol. The standard InChI is InChI=1S/C14H17N3/c1-5-7-12-13(8-6-2)17-10-9-15-14(17)11(3)16(12)4/h5-11H,1-2H2,3-4H3/b12-7+,13-8+. The Morgan fingerprint density at radius 2 is 1.88 bits per heavy atom. The van der Waals surface area contributed by atoms with Gasteiger partial charge in [0.05, 0.1) is 17.4 Å². The SMILES string of the molecule is C=C/C=C1\C(=C/C=C)n2ccnc2C(C)N1C. The quantitative estimate of drug-likeness (QED) is 0.774. The molecule has 0 N–H and O–H groups in total. The van der Waals surface area contributed by atoms with Crippen molar-refractivity contribution in [3.05, 3.63) is 61.4 Å². The van der Waals surface area contributed by atoms with Crippen molar-refractivity contribution in [2.24, 2.45) is 0 Å². The summed E-state index contributed by atoms with van der Waals surface area (Å²) in [6, 6.07) is 0.248. The minimum absolute atomic E-state index is 0.248. The molecule has 0 aromatic carbocycles. The zero-order valence-corrected chi connectivity index (χ0v) is 10.3. The highest BCUT2D eigenvalue weighted by Gasteiger charge is 2.27. The van der Waals surface area contributed by atoms with E-state index in [1.54, 1.807) is 12.2 Å². The number of aromatic nitrogens is 2. The van der Waals surface area contributed by atoms with E-state index >= 15 is 0 Å². The third-order valence-electron chi connectivity index (χ3n) is 3.08. The highest BCUT2D eigenvalue weighted by Crippen LogP contribution is 2.34. The second-order valence-electron chi connectivity index (χ2n) is 4.02. The molecule has 1 aromatic heterocycles. The first-order valence-electron chi connectivity index (χ1n) is 5.63. The lowest BCUT2D eigenvalue weighted by molar-refractivity contribution is 0.310. The Morgan fingerprint density at radius 1 is 1.24 bits per heavy atom. The van der Waals surface area contributed by atoms with E-state index in [9.17, 15) is 0 Å². The summed E-state index contributed by atoms with van der Waals surface area (Å²) in [6.45, 7) is 9.68. The van der Waals surface area contributed by atoms with Gasteiger partial charge >= 0.3 is 0 Å². The Kier molecular flexibility index (Phi) is 3.00. The first-order chi connectivity index (χ1) is 8.20. The molecular formula is C14H17N3. The molecule has 17 heavy (non-hydrogen) atoms. The summed E-state index contributed by atoms with van der Waals surface area (Å²) in [5.74, 6) is 1.04. The van der Waals surface area contributed by atoms with E-state index < -0.39 is 0 Å². The van der Waals surface area contributed by atoms with Crippen molar-refractivity contribution in [2.75, 3.05) is 7.05 Å². The van der Waals surface area contributed by atoms with Gasteiger partial charge < -0.3 is 4.90 Å². The number of nitrogens with zero attached hydrogens (tertiary/aromatic N) is 3. The molecule has 1 aliphatic heterocycles. The molecule has 0 aliphatic carbocycles. The number of likely N-dealkylation sites (N-methyl/N-ethyl adjacent to an activating group) is 1. The van der Waals surface area contributed by atoms with E-state index in [2.05, 4.69) is 41.6 Å². The Balaban J connectivity index is 2.65. The van der Waals surface area contributed by atoms with Crippen LogP contribution in [0, 0.1) is 0 Å². The van der Waals surface area contributed by atoms with Crippen molar-refractivity contribution in [1.82, 2.24) is 14.5 Å². The fourth-order valence-corrected chi connectivity index (χ4v) is 2.11. The summed E-state index contributed by atoms with van der Waals surface area (Å²) in [4.78, 5) is 6.60. The van der Waals surface area contributed by atoms with Crippen molar-refractivity contribution in [3.8, 4) is 0 Å². The lowest BCUT2D eigenvalue weighted by Gasteiger charge is -2.36. The van der Waals surface area contributed by atoms with E-state index in [0.717, 1.165) is 17.2 Å². The van der Waals surface area contributed by atoms with Gasteiger partial charge in [-0.1, -0.05) is 25.3 Å². The van der Waals surface area contributed by atoms with Crippen LogP contribution in [0.4, 0.5) is 0 Å². The molecule has 1 unspecified atom stereocenters. The fourth-order valence-electron chi connectivity index (χ4n) is 2.11. The van der Waals surface area contributed by atoms with Crippen LogP contribution in [0.1, 0.15) is 18.8 Å². The molecule has 1 aromatic rings. The molecule has 2 rings (SSSR count). The van der Waals surface area contributed by atoms with Gasteiger partial charge in [-0.2, -0.15) is 0 Å². The summed E-state index contributed by atoms with van der Waals surface area (Å²) in [7, 11) is 2.06. The van der Waals surface area contributed by atoms with Crippen LogP contribution in [-0.2, 0) is 0 Å². The summed E-state index contributed by atoms with van der Waals surface area (Å²) in [5, 5.41) is 0. The highest BCUT2D eigenvalue weighted by molar-refractivity contribution is 5.68. The van der Waals surface area contributed by atoms with Crippen LogP contribution in [-0.4, -0.2) is 21.5 Å². The number of fused-ring (bicyclic) bond motifs is 1. The molecular weight excluding hydrogens is 210 g/mol. The number of imidazole rings is 1. The molecule has 1 atom stereocenters. The van der Waals surface area contributed by atoms with Gasteiger partial charge in [0.1, 0.15) is 5.82 Å². The molecule has 0 saturated heterocycles. The molecule has 0 radical (unpaired) electrons. The van der Waals surface area contributed by atoms with E-state index in [0.29, 0.717) is 0 Å². The van der Waals surface area contributed by atoms with Gasteiger partial charge in [0.25, 0.3) is 0 Å². The average molecular weight is 227 g/mol. The Bertz CT molecular complexity index is 505. The predicted octanol–water partition coefficient (Wildman–Crippen LogP) is 2.99. The van der Waals surface area contributed by atoms with E-state index in [-0.39, 0.29) is 6.04 Å². The predicted molar refractivity (Wildman–Crippen MR) is 71.2 cm³/mol. The van der Waals surface area contributed by atoms with Gasteiger partial charge in [-0.15, -0.1) is 0 Å². The minimum Gasteiger partial charge on any atom is -0.363 e. The van der Waals surface area contributed by atoms with E-state index in [4.69, 9.17) is 0 Å². The molecule has 0 saturated carbocycles. The molecule has 1 aliphatic rings.